The lowest BCUT2D eigenvalue weighted by molar-refractivity contribution is 0.415. The summed E-state index contributed by atoms with van der Waals surface area (Å²) in [6.45, 7) is 6.59. The number of aromatic nitrogens is 1. The molecule has 3 rings (SSSR count). The van der Waals surface area contributed by atoms with Crippen LogP contribution in [-0.2, 0) is 5.41 Å². The predicted octanol–water partition coefficient (Wildman–Crippen LogP) is 5.33. The lowest BCUT2D eigenvalue weighted by Crippen LogP contribution is -2.11. The Labute approximate surface area is 127 Å². The minimum atomic E-state index is 0.106. The van der Waals surface area contributed by atoms with Gasteiger partial charge in [0.2, 0.25) is 0 Å². The number of fused-ring (bicyclic) bond motifs is 1. The van der Waals surface area contributed by atoms with Gasteiger partial charge in [-0.1, -0.05) is 20.8 Å². The van der Waals surface area contributed by atoms with Crippen LogP contribution in [0.1, 0.15) is 26.5 Å². The summed E-state index contributed by atoms with van der Waals surface area (Å²) in [6, 6.07) is 8.40. The molecule has 0 aliphatic carbocycles. The first-order valence-corrected chi connectivity index (χ1v) is 8.21. The van der Waals surface area contributed by atoms with E-state index in [1.165, 1.54) is 15.0 Å². The van der Waals surface area contributed by atoms with Gasteiger partial charge >= 0.3 is 0 Å². The zero-order chi connectivity index (χ0) is 14.3. The van der Waals surface area contributed by atoms with Gasteiger partial charge in [0.25, 0.3) is 0 Å². The highest BCUT2D eigenvalue weighted by molar-refractivity contribution is 7.25. The molecule has 0 unspecified atom stereocenters. The third-order valence-corrected chi connectivity index (χ3v) is 5.33. The van der Waals surface area contributed by atoms with Crippen LogP contribution in [0.3, 0.4) is 0 Å². The molecule has 1 aromatic carbocycles. The minimum Gasteiger partial charge on any atom is -0.497 e. The van der Waals surface area contributed by atoms with Gasteiger partial charge < -0.3 is 4.74 Å². The third-order valence-electron chi connectivity index (χ3n) is 3.21. The second-order valence-electron chi connectivity index (χ2n) is 5.80. The molecule has 0 fully saturated rings. The molecule has 0 spiro atoms. The number of thiazole rings is 1. The number of methoxy groups -OCH3 is 1. The Balaban J connectivity index is 2.04. The van der Waals surface area contributed by atoms with Gasteiger partial charge in [-0.15, -0.1) is 22.7 Å². The van der Waals surface area contributed by atoms with Gasteiger partial charge in [0.05, 0.1) is 17.7 Å². The largest absolute Gasteiger partial charge is 0.497 e. The number of nitrogens with zero attached hydrogens (tertiary/aromatic N) is 1. The minimum absolute atomic E-state index is 0.106. The van der Waals surface area contributed by atoms with Crippen molar-refractivity contribution in [3.8, 4) is 15.6 Å². The summed E-state index contributed by atoms with van der Waals surface area (Å²) in [5.41, 5.74) is 1.27. The van der Waals surface area contributed by atoms with E-state index in [9.17, 15) is 0 Å². The normalized spacial score (nSPS) is 12.0. The highest BCUT2D eigenvalue weighted by atomic mass is 32.1. The SMILES string of the molecule is COc1ccc2sc(-c3nc(C(C)(C)C)cs3)cc2c1. The van der Waals surface area contributed by atoms with Crippen LogP contribution in [0.4, 0.5) is 0 Å². The maximum atomic E-state index is 5.28. The van der Waals surface area contributed by atoms with Gasteiger partial charge in [0.1, 0.15) is 10.8 Å². The Morgan fingerprint density at radius 2 is 1.95 bits per heavy atom. The van der Waals surface area contributed by atoms with Crippen molar-refractivity contribution in [2.24, 2.45) is 0 Å². The van der Waals surface area contributed by atoms with Crippen molar-refractivity contribution in [2.75, 3.05) is 7.11 Å². The zero-order valence-corrected chi connectivity index (χ0v) is 13.7. The van der Waals surface area contributed by atoms with Gasteiger partial charge in [-0.05, 0) is 29.7 Å². The molecule has 4 heteroatoms. The van der Waals surface area contributed by atoms with E-state index < -0.39 is 0 Å². The Hall–Kier alpha value is -1.39. The number of ether oxygens (including phenoxy) is 1. The molecular formula is C16H17NOS2. The van der Waals surface area contributed by atoms with Gasteiger partial charge in [0, 0.05) is 15.5 Å². The molecule has 20 heavy (non-hydrogen) atoms. The first-order valence-electron chi connectivity index (χ1n) is 6.51. The molecule has 0 N–H and O–H groups in total. The quantitative estimate of drug-likeness (QED) is 0.638. The van der Waals surface area contributed by atoms with Gasteiger partial charge in [-0.3, -0.25) is 0 Å². The molecule has 2 nitrogen and oxygen atoms in total. The molecular weight excluding hydrogens is 286 g/mol. The van der Waals surface area contributed by atoms with Crippen LogP contribution >= 0.6 is 22.7 Å². The monoisotopic (exact) mass is 303 g/mol. The third kappa shape index (κ3) is 2.45. The zero-order valence-electron chi connectivity index (χ0n) is 12.1. The fraction of sp³-hybridized carbons (Fsp3) is 0.312. The Bertz CT molecular complexity index is 749. The number of rotatable bonds is 2. The average Bonchev–Trinajstić information content (AvgIpc) is 3.03. The van der Waals surface area contributed by atoms with E-state index >= 15 is 0 Å². The number of thiophene rings is 1. The van der Waals surface area contributed by atoms with Crippen molar-refractivity contribution in [3.05, 3.63) is 35.3 Å². The molecule has 0 aliphatic heterocycles. The van der Waals surface area contributed by atoms with Crippen molar-refractivity contribution < 1.29 is 4.74 Å². The van der Waals surface area contributed by atoms with Crippen LogP contribution in [0, 0.1) is 0 Å². The second-order valence-corrected chi connectivity index (χ2v) is 7.74. The average molecular weight is 303 g/mol. The summed E-state index contributed by atoms with van der Waals surface area (Å²) in [6.07, 6.45) is 0. The fourth-order valence-corrected chi connectivity index (χ4v) is 4.14. The van der Waals surface area contributed by atoms with E-state index in [0.717, 1.165) is 16.5 Å². The summed E-state index contributed by atoms with van der Waals surface area (Å²) < 4.78 is 6.55. The summed E-state index contributed by atoms with van der Waals surface area (Å²) in [7, 11) is 1.70. The second kappa shape index (κ2) is 4.86. The molecule has 0 radical (unpaired) electrons. The summed E-state index contributed by atoms with van der Waals surface area (Å²) >= 11 is 3.51. The lowest BCUT2D eigenvalue weighted by Gasteiger charge is -2.14. The lowest BCUT2D eigenvalue weighted by atomic mass is 9.93. The van der Waals surface area contributed by atoms with E-state index in [1.807, 2.05) is 6.07 Å². The number of hydrogen-bond donors (Lipinski definition) is 0. The van der Waals surface area contributed by atoms with Crippen LogP contribution in [0.2, 0.25) is 0 Å². The topological polar surface area (TPSA) is 22.1 Å². The van der Waals surface area contributed by atoms with E-state index in [2.05, 4.69) is 44.4 Å². The van der Waals surface area contributed by atoms with E-state index in [1.54, 1.807) is 29.8 Å². The molecule has 2 heterocycles. The molecule has 2 aromatic heterocycles. The van der Waals surface area contributed by atoms with Crippen molar-refractivity contribution in [3.63, 3.8) is 0 Å². The van der Waals surface area contributed by atoms with E-state index in [0.29, 0.717) is 0 Å². The van der Waals surface area contributed by atoms with Crippen LogP contribution < -0.4 is 4.74 Å². The van der Waals surface area contributed by atoms with Crippen LogP contribution in [0.15, 0.2) is 29.6 Å². The van der Waals surface area contributed by atoms with Crippen molar-refractivity contribution in [1.29, 1.82) is 0 Å². The van der Waals surface area contributed by atoms with Crippen molar-refractivity contribution in [1.82, 2.24) is 4.98 Å². The van der Waals surface area contributed by atoms with Gasteiger partial charge in [0.15, 0.2) is 0 Å². The molecule has 104 valence electrons. The summed E-state index contributed by atoms with van der Waals surface area (Å²) in [5.74, 6) is 0.899. The van der Waals surface area contributed by atoms with Crippen LogP contribution in [0.25, 0.3) is 20.0 Å². The molecule has 0 saturated carbocycles. The van der Waals surface area contributed by atoms with E-state index in [4.69, 9.17) is 9.72 Å². The first-order chi connectivity index (χ1) is 9.47. The fourth-order valence-electron chi connectivity index (χ4n) is 1.99. The van der Waals surface area contributed by atoms with E-state index in [-0.39, 0.29) is 5.41 Å². The highest BCUT2D eigenvalue weighted by Gasteiger charge is 2.18. The predicted molar refractivity (Wildman–Crippen MR) is 88.2 cm³/mol. The summed E-state index contributed by atoms with van der Waals surface area (Å²) in [4.78, 5) is 6.02. The Kier molecular flexibility index (Phi) is 3.30. The van der Waals surface area contributed by atoms with Gasteiger partial charge in [-0.2, -0.15) is 0 Å². The smallest absolute Gasteiger partial charge is 0.133 e. The Morgan fingerprint density at radius 3 is 2.60 bits per heavy atom. The first kappa shape index (κ1) is 13.6. The van der Waals surface area contributed by atoms with Crippen molar-refractivity contribution in [2.45, 2.75) is 26.2 Å². The van der Waals surface area contributed by atoms with Gasteiger partial charge in [-0.25, -0.2) is 4.98 Å². The number of hydrogen-bond acceptors (Lipinski definition) is 4. The molecule has 0 saturated heterocycles. The highest BCUT2D eigenvalue weighted by Crippen LogP contribution is 2.37. The standard InChI is InChI=1S/C16H17NOS2/c1-16(2,3)14-9-19-15(17-14)13-8-10-7-11(18-4)5-6-12(10)20-13/h5-9H,1-4H3. The molecule has 3 aromatic rings. The maximum Gasteiger partial charge on any atom is 0.133 e. The molecule has 0 amide bonds. The number of benzene rings is 1. The summed E-state index contributed by atoms with van der Waals surface area (Å²) in [5, 5.41) is 4.49. The van der Waals surface area contributed by atoms with Crippen LogP contribution in [-0.4, -0.2) is 12.1 Å². The molecule has 0 atom stereocenters. The van der Waals surface area contributed by atoms with Crippen LogP contribution in [0.5, 0.6) is 5.75 Å². The Morgan fingerprint density at radius 1 is 1.15 bits per heavy atom. The molecule has 0 aliphatic rings. The molecule has 0 bridgehead atoms. The van der Waals surface area contributed by atoms with Crippen molar-refractivity contribution >= 4 is 32.8 Å². The maximum absolute atomic E-state index is 5.28.